The second-order valence-corrected chi connectivity index (χ2v) is 5.55. The Labute approximate surface area is 118 Å². The van der Waals surface area contributed by atoms with E-state index >= 15 is 0 Å². The van der Waals surface area contributed by atoms with Crippen LogP contribution in [0.15, 0.2) is 18.2 Å². The Hall–Kier alpha value is -1.29. The molecule has 0 radical (unpaired) electrons. The lowest BCUT2D eigenvalue weighted by Crippen LogP contribution is -2.12. The van der Waals surface area contributed by atoms with Crippen LogP contribution < -0.4 is 5.32 Å². The highest BCUT2D eigenvalue weighted by Gasteiger charge is 2.14. The van der Waals surface area contributed by atoms with Crippen LogP contribution in [0, 0.1) is 16.0 Å². The number of rotatable bonds is 5. The molecule has 4 nitrogen and oxygen atoms in total. The first-order valence-corrected chi connectivity index (χ1v) is 7.22. The van der Waals surface area contributed by atoms with Crippen molar-refractivity contribution in [2.24, 2.45) is 5.92 Å². The van der Waals surface area contributed by atoms with Crippen molar-refractivity contribution >= 4 is 23.0 Å². The van der Waals surface area contributed by atoms with E-state index in [0.717, 1.165) is 18.9 Å². The van der Waals surface area contributed by atoms with Gasteiger partial charge in [0.2, 0.25) is 0 Å². The lowest BCUT2D eigenvalue weighted by molar-refractivity contribution is -0.384. The molecule has 19 heavy (non-hydrogen) atoms. The van der Waals surface area contributed by atoms with Crippen LogP contribution in [0.4, 0.5) is 11.4 Å². The van der Waals surface area contributed by atoms with Crippen molar-refractivity contribution in [1.82, 2.24) is 0 Å². The van der Waals surface area contributed by atoms with Gasteiger partial charge in [-0.2, -0.15) is 0 Å². The third-order valence-corrected chi connectivity index (χ3v) is 4.08. The Morgan fingerprint density at radius 2 is 2.05 bits per heavy atom. The number of hydrogen-bond donors (Lipinski definition) is 1. The maximum atomic E-state index is 10.7. The quantitative estimate of drug-likeness (QED) is 0.633. The zero-order chi connectivity index (χ0) is 13.7. The number of anilines is 1. The molecule has 1 N–H and O–H groups in total. The van der Waals surface area contributed by atoms with Crippen molar-refractivity contribution in [1.29, 1.82) is 0 Å². The highest BCUT2D eigenvalue weighted by Crippen LogP contribution is 2.29. The van der Waals surface area contributed by atoms with Gasteiger partial charge in [-0.25, -0.2) is 0 Å². The first kappa shape index (κ1) is 14.1. The monoisotopic (exact) mass is 282 g/mol. The summed E-state index contributed by atoms with van der Waals surface area (Å²) in [4.78, 5) is 10.3. The number of halogens is 1. The molecule has 0 spiro atoms. The van der Waals surface area contributed by atoms with Gasteiger partial charge in [-0.1, -0.05) is 43.7 Å². The van der Waals surface area contributed by atoms with E-state index in [-0.39, 0.29) is 5.69 Å². The summed E-state index contributed by atoms with van der Waals surface area (Å²) in [5.74, 6) is 0.790. The molecular formula is C14H19ClN2O2. The van der Waals surface area contributed by atoms with E-state index in [1.54, 1.807) is 6.07 Å². The molecular weight excluding hydrogens is 264 g/mol. The zero-order valence-corrected chi connectivity index (χ0v) is 11.7. The summed E-state index contributed by atoms with van der Waals surface area (Å²) in [6, 6.07) is 4.50. The van der Waals surface area contributed by atoms with Gasteiger partial charge in [-0.15, -0.1) is 0 Å². The van der Waals surface area contributed by atoms with Gasteiger partial charge in [0.25, 0.3) is 5.69 Å². The summed E-state index contributed by atoms with van der Waals surface area (Å²) in [6.45, 7) is 0.825. The van der Waals surface area contributed by atoms with E-state index in [1.165, 1.54) is 44.2 Å². The molecule has 1 fully saturated rings. The van der Waals surface area contributed by atoms with Crippen LogP contribution in [0.1, 0.15) is 38.5 Å². The first-order chi connectivity index (χ1) is 9.16. The lowest BCUT2D eigenvalue weighted by Gasteiger charge is -2.21. The number of benzene rings is 1. The van der Waals surface area contributed by atoms with Gasteiger partial charge in [-0.3, -0.25) is 10.1 Å². The fraction of sp³-hybridized carbons (Fsp3) is 0.571. The third kappa shape index (κ3) is 4.10. The summed E-state index contributed by atoms with van der Waals surface area (Å²) in [5.41, 5.74) is 0.733. The SMILES string of the molecule is O=[N+]([O-])c1ccc(Cl)c(NCCC2CCCCC2)c1. The average molecular weight is 283 g/mol. The number of hydrogen-bond acceptors (Lipinski definition) is 3. The Balaban J connectivity index is 1.87. The number of nitro groups is 1. The zero-order valence-electron chi connectivity index (χ0n) is 10.9. The average Bonchev–Trinajstić information content (AvgIpc) is 2.42. The normalized spacial score (nSPS) is 16.3. The van der Waals surface area contributed by atoms with Gasteiger partial charge in [0.15, 0.2) is 0 Å². The Kier molecular flexibility index (Phi) is 5.02. The van der Waals surface area contributed by atoms with Gasteiger partial charge in [0.05, 0.1) is 15.6 Å². The maximum Gasteiger partial charge on any atom is 0.271 e. The molecule has 0 amide bonds. The summed E-state index contributed by atoms with van der Waals surface area (Å²) < 4.78 is 0. The topological polar surface area (TPSA) is 55.2 Å². The molecule has 0 unspecified atom stereocenters. The molecule has 1 aromatic rings. The van der Waals surface area contributed by atoms with Crippen molar-refractivity contribution in [3.63, 3.8) is 0 Å². The van der Waals surface area contributed by atoms with E-state index in [1.807, 2.05) is 0 Å². The standard InChI is InChI=1S/C14H19ClN2O2/c15-13-7-6-12(17(18)19)10-14(13)16-9-8-11-4-2-1-3-5-11/h6-7,10-11,16H,1-5,8-9H2. The Morgan fingerprint density at radius 3 is 2.74 bits per heavy atom. The van der Waals surface area contributed by atoms with Crippen LogP contribution in [0.3, 0.4) is 0 Å². The van der Waals surface area contributed by atoms with Gasteiger partial charge >= 0.3 is 0 Å². The predicted molar refractivity (Wildman–Crippen MR) is 77.8 cm³/mol. The third-order valence-electron chi connectivity index (χ3n) is 3.75. The van der Waals surface area contributed by atoms with E-state index in [9.17, 15) is 10.1 Å². The Morgan fingerprint density at radius 1 is 1.32 bits per heavy atom. The molecule has 0 aromatic heterocycles. The van der Waals surface area contributed by atoms with Crippen molar-refractivity contribution < 1.29 is 4.92 Å². The van der Waals surface area contributed by atoms with E-state index in [4.69, 9.17) is 11.6 Å². The minimum absolute atomic E-state index is 0.0737. The summed E-state index contributed by atoms with van der Waals surface area (Å²) >= 11 is 6.04. The van der Waals surface area contributed by atoms with Gasteiger partial charge in [-0.05, 0) is 18.4 Å². The minimum atomic E-state index is -0.400. The fourth-order valence-corrected chi connectivity index (χ4v) is 2.83. The van der Waals surface area contributed by atoms with E-state index < -0.39 is 4.92 Å². The molecule has 104 valence electrons. The second kappa shape index (κ2) is 6.75. The van der Waals surface area contributed by atoms with Crippen LogP contribution >= 0.6 is 11.6 Å². The van der Waals surface area contributed by atoms with Gasteiger partial charge < -0.3 is 5.32 Å². The molecule has 1 aliphatic rings. The molecule has 0 aliphatic heterocycles. The van der Waals surface area contributed by atoms with E-state index in [0.29, 0.717) is 10.7 Å². The molecule has 0 bridgehead atoms. The highest BCUT2D eigenvalue weighted by molar-refractivity contribution is 6.33. The molecule has 0 atom stereocenters. The fourth-order valence-electron chi connectivity index (χ4n) is 2.65. The van der Waals surface area contributed by atoms with Crippen molar-refractivity contribution in [2.75, 3.05) is 11.9 Å². The number of non-ortho nitro benzene ring substituents is 1. The van der Waals surface area contributed by atoms with Crippen LogP contribution in [-0.4, -0.2) is 11.5 Å². The molecule has 1 saturated carbocycles. The van der Waals surface area contributed by atoms with Crippen LogP contribution in [0.2, 0.25) is 5.02 Å². The summed E-state index contributed by atoms with van der Waals surface area (Å²) in [5, 5.41) is 14.5. The summed E-state index contributed by atoms with van der Waals surface area (Å²) in [6.07, 6.45) is 7.76. The highest BCUT2D eigenvalue weighted by atomic mass is 35.5. The van der Waals surface area contributed by atoms with Gasteiger partial charge in [0.1, 0.15) is 0 Å². The van der Waals surface area contributed by atoms with Crippen LogP contribution in [0.25, 0.3) is 0 Å². The second-order valence-electron chi connectivity index (χ2n) is 5.14. The summed E-state index contributed by atoms with van der Waals surface area (Å²) in [7, 11) is 0. The number of nitrogens with zero attached hydrogens (tertiary/aromatic N) is 1. The van der Waals surface area contributed by atoms with Crippen LogP contribution in [-0.2, 0) is 0 Å². The minimum Gasteiger partial charge on any atom is -0.384 e. The molecule has 0 saturated heterocycles. The van der Waals surface area contributed by atoms with Crippen molar-refractivity contribution in [3.05, 3.63) is 33.3 Å². The smallest absolute Gasteiger partial charge is 0.271 e. The predicted octanol–water partition coefficient (Wildman–Crippen LogP) is 4.63. The van der Waals surface area contributed by atoms with Gasteiger partial charge in [0, 0.05) is 18.7 Å². The maximum absolute atomic E-state index is 10.7. The number of nitro benzene ring substituents is 1. The molecule has 5 heteroatoms. The molecule has 1 aliphatic carbocycles. The Bertz CT molecular complexity index is 445. The van der Waals surface area contributed by atoms with E-state index in [2.05, 4.69) is 5.32 Å². The molecule has 2 rings (SSSR count). The molecule has 1 aromatic carbocycles. The molecule has 0 heterocycles. The first-order valence-electron chi connectivity index (χ1n) is 6.84. The van der Waals surface area contributed by atoms with Crippen molar-refractivity contribution in [2.45, 2.75) is 38.5 Å². The van der Waals surface area contributed by atoms with Crippen LogP contribution in [0.5, 0.6) is 0 Å². The number of nitrogens with one attached hydrogen (secondary N) is 1. The van der Waals surface area contributed by atoms with Crippen molar-refractivity contribution in [3.8, 4) is 0 Å². The largest absolute Gasteiger partial charge is 0.384 e. The lowest BCUT2D eigenvalue weighted by atomic mass is 9.87.